The number of unbranched alkanes of at least 4 members (excludes halogenated alkanes) is 1. The van der Waals surface area contributed by atoms with Gasteiger partial charge in [0, 0.05) is 18.5 Å². The Balaban J connectivity index is 2.38. The molecule has 0 radical (unpaired) electrons. The van der Waals surface area contributed by atoms with Crippen LogP contribution in [0, 0.1) is 0 Å². The molecule has 0 aromatic rings. The second-order valence-electron chi connectivity index (χ2n) is 3.77. The van der Waals surface area contributed by atoms with Crippen molar-refractivity contribution in [3.05, 3.63) is 0 Å². The highest BCUT2D eigenvalue weighted by Gasteiger charge is 2.31. The zero-order chi connectivity index (χ0) is 11.8. The van der Waals surface area contributed by atoms with Gasteiger partial charge in [0.15, 0.2) is 25.1 Å². The Hall–Kier alpha value is 1.17. The fraction of sp³-hybridized carbons (Fsp3) is 1.00. The van der Waals surface area contributed by atoms with Crippen LogP contribution in [0.4, 0.5) is 0 Å². The quantitative estimate of drug-likeness (QED) is 0.569. The molecule has 2 unspecified atom stereocenters. The summed E-state index contributed by atoms with van der Waals surface area (Å²) in [4.78, 5) is 0. The van der Waals surface area contributed by atoms with Gasteiger partial charge in [-0.2, -0.15) is 0 Å². The van der Waals surface area contributed by atoms with Crippen LogP contribution < -0.4 is 0 Å². The van der Waals surface area contributed by atoms with Crippen LogP contribution in [0.5, 0.6) is 0 Å². The highest BCUT2D eigenvalue weighted by atomic mass is 31.3. The smallest absolute Gasteiger partial charge is 0.182 e. The summed E-state index contributed by atoms with van der Waals surface area (Å²) in [5.74, 6) is 0. The molecule has 1 rings (SSSR count). The van der Waals surface area contributed by atoms with Crippen LogP contribution in [0.1, 0.15) is 46.5 Å². The second-order valence-corrected chi connectivity index (χ2v) is 9.07. The van der Waals surface area contributed by atoms with Crippen molar-refractivity contribution in [1.82, 2.24) is 0 Å². The molecule has 1 fully saturated rings. The van der Waals surface area contributed by atoms with Crippen LogP contribution in [-0.4, -0.2) is 18.5 Å². The molecule has 3 nitrogen and oxygen atoms in total. The Morgan fingerprint density at radius 1 is 0.625 bits per heavy atom. The van der Waals surface area contributed by atoms with Crippen LogP contribution in [0.15, 0.2) is 0 Å². The van der Waals surface area contributed by atoms with Gasteiger partial charge in [-0.25, -0.2) is 0 Å². The van der Waals surface area contributed by atoms with E-state index < -0.39 is 25.1 Å². The van der Waals surface area contributed by atoms with E-state index in [0.717, 1.165) is 31.3 Å². The number of hydrogen-bond acceptors (Lipinski definition) is 3. The fourth-order valence-corrected chi connectivity index (χ4v) is 8.11. The van der Waals surface area contributed by atoms with Gasteiger partial charge in [0.2, 0.25) is 0 Å². The summed E-state index contributed by atoms with van der Waals surface area (Å²) < 4.78 is 17.7. The lowest BCUT2D eigenvalue weighted by atomic mass is 10.4. The third-order valence-corrected chi connectivity index (χ3v) is 8.73. The first-order valence-corrected chi connectivity index (χ1v) is 10.3. The van der Waals surface area contributed by atoms with Crippen LogP contribution in [0.2, 0.25) is 0 Å². The molecule has 1 heterocycles. The molecule has 0 bridgehead atoms. The van der Waals surface area contributed by atoms with Crippen LogP contribution >= 0.6 is 25.1 Å². The van der Waals surface area contributed by atoms with E-state index in [1.165, 1.54) is 12.8 Å². The normalized spacial score (nSPS) is 30.6. The lowest BCUT2D eigenvalue weighted by molar-refractivity contribution is 0.412. The molecular formula is C10H23O3P3. The minimum atomic E-state index is -0.647. The molecule has 96 valence electrons. The third kappa shape index (κ3) is 5.67. The molecule has 16 heavy (non-hydrogen) atoms. The molecule has 6 heteroatoms. The van der Waals surface area contributed by atoms with Gasteiger partial charge >= 0.3 is 0 Å². The summed E-state index contributed by atoms with van der Waals surface area (Å²) in [5, 5.41) is 0. The SMILES string of the molecule is CCCCP1OP(CCC)OP(CCC)O1. The monoisotopic (exact) mass is 284 g/mol. The van der Waals surface area contributed by atoms with E-state index in [4.69, 9.17) is 12.9 Å². The molecule has 2 atom stereocenters. The first kappa shape index (κ1) is 15.2. The molecule has 0 N–H and O–H groups in total. The average Bonchev–Trinajstić information content (AvgIpc) is 2.27. The highest BCUT2D eigenvalue weighted by Crippen LogP contribution is 2.72. The molecule has 0 saturated carbocycles. The molecule has 0 spiro atoms. The predicted octanol–water partition coefficient (Wildman–Crippen LogP) is 5.61. The molecule has 1 aliphatic rings. The molecule has 0 amide bonds. The van der Waals surface area contributed by atoms with Gasteiger partial charge in [-0.3, -0.25) is 12.9 Å². The van der Waals surface area contributed by atoms with Crippen LogP contribution in [0.3, 0.4) is 0 Å². The zero-order valence-corrected chi connectivity index (χ0v) is 13.2. The van der Waals surface area contributed by atoms with Gasteiger partial charge in [-0.15, -0.1) is 0 Å². The minimum Gasteiger partial charge on any atom is -0.282 e. The molecule has 0 aromatic heterocycles. The van der Waals surface area contributed by atoms with Crippen molar-refractivity contribution < 1.29 is 12.9 Å². The van der Waals surface area contributed by atoms with Gasteiger partial charge in [-0.05, 0) is 19.3 Å². The maximum atomic E-state index is 5.91. The summed E-state index contributed by atoms with van der Waals surface area (Å²) in [7, 11) is -1.94. The third-order valence-electron chi connectivity index (χ3n) is 2.05. The molecule has 0 aromatic carbocycles. The standard InChI is InChI=1S/C10H23O3P3/c1-4-7-10-16-12-14(8-5-2)11-15(13-16)9-6-3/h4-10H2,1-3H3. The van der Waals surface area contributed by atoms with Gasteiger partial charge in [0.1, 0.15) is 0 Å². The molecule has 1 aliphatic heterocycles. The Kier molecular flexibility index (Phi) is 8.71. The van der Waals surface area contributed by atoms with E-state index in [9.17, 15) is 0 Å². The predicted molar refractivity (Wildman–Crippen MR) is 74.1 cm³/mol. The van der Waals surface area contributed by atoms with Gasteiger partial charge in [0.25, 0.3) is 0 Å². The van der Waals surface area contributed by atoms with Crippen LogP contribution in [0.25, 0.3) is 0 Å². The fourth-order valence-electron chi connectivity index (χ4n) is 1.25. The molecular weight excluding hydrogens is 261 g/mol. The maximum absolute atomic E-state index is 5.91. The topological polar surface area (TPSA) is 27.7 Å². The lowest BCUT2D eigenvalue weighted by Gasteiger charge is -2.33. The van der Waals surface area contributed by atoms with E-state index in [-0.39, 0.29) is 0 Å². The van der Waals surface area contributed by atoms with Crippen LogP contribution in [-0.2, 0) is 12.9 Å². The summed E-state index contributed by atoms with van der Waals surface area (Å²) in [6.07, 6.45) is 7.90. The van der Waals surface area contributed by atoms with Crippen molar-refractivity contribution in [2.45, 2.75) is 46.5 Å². The Labute approximate surface area is 103 Å². The van der Waals surface area contributed by atoms with E-state index in [1.54, 1.807) is 0 Å². The lowest BCUT2D eigenvalue weighted by Crippen LogP contribution is -2.02. The largest absolute Gasteiger partial charge is 0.282 e. The van der Waals surface area contributed by atoms with Crippen molar-refractivity contribution in [1.29, 1.82) is 0 Å². The van der Waals surface area contributed by atoms with Crippen molar-refractivity contribution in [3.63, 3.8) is 0 Å². The second kappa shape index (κ2) is 9.15. The van der Waals surface area contributed by atoms with E-state index in [0.29, 0.717) is 0 Å². The van der Waals surface area contributed by atoms with Gasteiger partial charge in [-0.1, -0.05) is 27.2 Å². The Morgan fingerprint density at radius 3 is 1.44 bits per heavy atom. The highest BCUT2D eigenvalue weighted by molar-refractivity contribution is 7.74. The van der Waals surface area contributed by atoms with Crippen molar-refractivity contribution in [3.8, 4) is 0 Å². The average molecular weight is 284 g/mol. The van der Waals surface area contributed by atoms with E-state index in [2.05, 4.69) is 20.8 Å². The molecule has 1 saturated heterocycles. The molecule has 0 aliphatic carbocycles. The van der Waals surface area contributed by atoms with Crippen molar-refractivity contribution in [2.75, 3.05) is 18.5 Å². The van der Waals surface area contributed by atoms with Gasteiger partial charge < -0.3 is 0 Å². The van der Waals surface area contributed by atoms with E-state index in [1.807, 2.05) is 0 Å². The summed E-state index contributed by atoms with van der Waals surface area (Å²) in [6, 6.07) is 0. The van der Waals surface area contributed by atoms with Crippen molar-refractivity contribution in [2.24, 2.45) is 0 Å². The first-order valence-electron chi connectivity index (χ1n) is 6.17. The Bertz CT molecular complexity index is 169. The zero-order valence-electron chi connectivity index (χ0n) is 10.5. The Morgan fingerprint density at radius 2 is 1.06 bits per heavy atom. The minimum absolute atomic E-state index is 0.646. The maximum Gasteiger partial charge on any atom is 0.182 e. The van der Waals surface area contributed by atoms with E-state index >= 15 is 0 Å². The first-order chi connectivity index (χ1) is 7.80. The van der Waals surface area contributed by atoms with Gasteiger partial charge in [0.05, 0.1) is 0 Å². The summed E-state index contributed by atoms with van der Waals surface area (Å²) in [6.45, 7) is 6.57. The number of rotatable bonds is 7. The summed E-state index contributed by atoms with van der Waals surface area (Å²) in [5.41, 5.74) is 0. The number of hydrogen-bond donors (Lipinski definition) is 0. The summed E-state index contributed by atoms with van der Waals surface area (Å²) >= 11 is 0. The van der Waals surface area contributed by atoms with Crippen molar-refractivity contribution >= 4 is 25.1 Å².